The van der Waals surface area contributed by atoms with Gasteiger partial charge in [0.25, 0.3) is 0 Å². The minimum atomic E-state index is 0.631. The third-order valence-corrected chi connectivity index (χ3v) is 6.18. The van der Waals surface area contributed by atoms with E-state index in [4.69, 9.17) is 11.6 Å². The Morgan fingerprint density at radius 3 is 2.68 bits per heavy atom. The summed E-state index contributed by atoms with van der Waals surface area (Å²) in [5.74, 6) is 1.58. The summed E-state index contributed by atoms with van der Waals surface area (Å²) in [6.45, 7) is 4.42. The number of aromatic nitrogens is 2. The molecule has 0 spiro atoms. The zero-order chi connectivity index (χ0) is 14.0. The molecule has 1 aromatic heterocycles. The summed E-state index contributed by atoms with van der Waals surface area (Å²) >= 11 is 10.3. The quantitative estimate of drug-likeness (QED) is 0.717. The summed E-state index contributed by atoms with van der Waals surface area (Å²) in [6.07, 6.45) is 7.23. The van der Waals surface area contributed by atoms with Crippen LogP contribution in [0.4, 0.5) is 0 Å². The van der Waals surface area contributed by atoms with Crippen LogP contribution in [0.25, 0.3) is 0 Å². The highest BCUT2D eigenvalue weighted by molar-refractivity contribution is 9.09. The molecule has 0 aliphatic heterocycles. The van der Waals surface area contributed by atoms with Gasteiger partial charge in [0.2, 0.25) is 0 Å². The third-order valence-electron chi connectivity index (χ3n) is 4.53. The van der Waals surface area contributed by atoms with Crippen molar-refractivity contribution in [1.29, 1.82) is 0 Å². The van der Waals surface area contributed by atoms with Crippen LogP contribution in [0.15, 0.2) is 0 Å². The van der Waals surface area contributed by atoms with Gasteiger partial charge < -0.3 is 0 Å². The standard InChI is InChI=1S/C15H24BrClN2/c1-4-10-6-7-12(16)11(8-10)9-14-15(17)13(5-2)18-19(14)3/h10-12H,4-9H2,1-3H3. The van der Waals surface area contributed by atoms with Crippen LogP contribution in [-0.2, 0) is 19.9 Å². The molecule has 4 heteroatoms. The van der Waals surface area contributed by atoms with Gasteiger partial charge in [0.1, 0.15) is 0 Å². The van der Waals surface area contributed by atoms with Gasteiger partial charge in [-0.25, -0.2) is 0 Å². The van der Waals surface area contributed by atoms with Gasteiger partial charge in [-0.1, -0.05) is 47.8 Å². The molecule has 108 valence electrons. The molecule has 1 aliphatic carbocycles. The van der Waals surface area contributed by atoms with Gasteiger partial charge in [-0.05, 0) is 43.9 Å². The van der Waals surface area contributed by atoms with E-state index < -0.39 is 0 Å². The highest BCUT2D eigenvalue weighted by atomic mass is 79.9. The molecule has 19 heavy (non-hydrogen) atoms. The van der Waals surface area contributed by atoms with Crippen LogP contribution < -0.4 is 0 Å². The summed E-state index contributed by atoms with van der Waals surface area (Å²) in [6, 6.07) is 0. The van der Waals surface area contributed by atoms with Crippen LogP contribution in [0.5, 0.6) is 0 Å². The van der Waals surface area contributed by atoms with Gasteiger partial charge in [0.05, 0.1) is 16.4 Å². The number of hydrogen-bond donors (Lipinski definition) is 0. The Morgan fingerprint density at radius 2 is 2.11 bits per heavy atom. The van der Waals surface area contributed by atoms with Gasteiger partial charge in [-0.2, -0.15) is 5.10 Å². The lowest BCUT2D eigenvalue weighted by Crippen LogP contribution is -2.27. The number of hydrogen-bond acceptors (Lipinski definition) is 1. The third kappa shape index (κ3) is 3.36. The van der Waals surface area contributed by atoms with Crippen molar-refractivity contribution in [2.45, 2.75) is 57.2 Å². The van der Waals surface area contributed by atoms with Crippen LogP contribution in [0.1, 0.15) is 50.9 Å². The largest absolute Gasteiger partial charge is 0.271 e. The first-order valence-corrected chi connectivity index (χ1v) is 8.70. The highest BCUT2D eigenvalue weighted by Gasteiger charge is 2.29. The topological polar surface area (TPSA) is 17.8 Å². The zero-order valence-electron chi connectivity index (χ0n) is 12.1. The van der Waals surface area contributed by atoms with Crippen LogP contribution in [0, 0.1) is 11.8 Å². The second-order valence-corrected chi connectivity index (χ2v) is 7.31. The van der Waals surface area contributed by atoms with Crippen LogP contribution in [0.3, 0.4) is 0 Å². The maximum Gasteiger partial charge on any atom is 0.0849 e. The fraction of sp³-hybridized carbons (Fsp3) is 0.800. The Kier molecular flexibility index (Phi) is 5.36. The second-order valence-electron chi connectivity index (χ2n) is 5.75. The molecular weight excluding hydrogens is 324 g/mol. The molecule has 1 aliphatic rings. The molecule has 0 aromatic carbocycles. The van der Waals surface area contributed by atoms with E-state index in [1.54, 1.807) is 0 Å². The average Bonchev–Trinajstić information content (AvgIpc) is 2.68. The molecule has 0 amide bonds. The zero-order valence-corrected chi connectivity index (χ0v) is 14.5. The molecule has 0 radical (unpaired) electrons. The van der Waals surface area contributed by atoms with E-state index in [2.05, 4.69) is 34.9 Å². The van der Waals surface area contributed by atoms with Gasteiger partial charge >= 0.3 is 0 Å². The monoisotopic (exact) mass is 346 g/mol. The minimum Gasteiger partial charge on any atom is -0.271 e. The van der Waals surface area contributed by atoms with Crippen molar-refractivity contribution in [2.75, 3.05) is 0 Å². The van der Waals surface area contributed by atoms with Crippen LogP contribution >= 0.6 is 27.5 Å². The van der Waals surface area contributed by atoms with Crippen LogP contribution in [0.2, 0.25) is 5.02 Å². The number of aryl methyl sites for hydroxylation is 2. The molecule has 0 bridgehead atoms. The number of alkyl halides is 1. The van der Waals surface area contributed by atoms with Gasteiger partial charge in [-0.3, -0.25) is 4.68 Å². The van der Waals surface area contributed by atoms with Gasteiger partial charge in [-0.15, -0.1) is 0 Å². The summed E-state index contributed by atoms with van der Waals surface area (Å²) in [4.78, 5) is 0.631. The van der Waals surface area contributed by atoms with E-state index in [1.807, 2.05) is 11.7 Å². The molecule has 1 saturated carbocycles. The van der Waals surface area contributed by atoms with E-state index in [0.29, 0.717) is 10.7 Å². The molecule has 2 rings (SSSR count). The summed E-state index contributed by atoms with van der Waals surface area (Å²) in [7, 11) is 2.02. The maximum absolute atomic E-state index is 6.47. The Labute approximate surface area is 130 Å². The first kappa shape index (κ1) is 15.4. The molecule has 1 heterocycles. The SMILES string of the molecule is CCc1nn(C)c(CC2CC(CC)CCC2Br)c1Cl. The van der Waals surface area contributed by atoms with E-state index in [9.17, 15) is 0 Å². The Hall–Kier alpha value is -0.0200. The first-order valence-electron chi connectivity index (χ1n) is 7.41. The van der Waals surface area contributed by atoms with Crippen molar-refractivity contribution in [2.24, 2.45) is 18.9 Å². The lowest BCUT2D eigenvalue weighted by atomic mass is 9.78. The molecule has 3 unspecified atom stereocenters. The summed E-state index contributed by atoms with van der Waals surface area (Å²) in [5.41, 5.74) is 2.25. The van der Waals surface area contributed by atoms with Crippen molar-refractivity contribution in [3.63, 3.8) is 0 Å². The van der Waals surface area contributed by atoms with Gasteiger partial charge in [0.15, 0.2) is 0 Å². The smallest absolute Gasteiger partial charge is 0.0849 e. The van der Waals surface area contributed by atoms with E-state index in [1.165, 1.54) is 31.4 Å². The predicted octanol–water partition coefficient (Wildman–Crippen LogP) is 4.77. The first-order chi connectivity index (χ1) is 9.06. The molecule has 1 fully saturated rings. The molecule has 0 saturated heterocycles. The lowest BCUT2D eigenvalue weighted by Gasteiger charge is -2.33. The number of rotatable bonds is 4. The van der Waals surface area contributed by atoms with Crippen molar-refractivity contribution >= 4 is 27.5 Å². The highest BCUT2D eigenvalue weighted by Crippen LogP contribution is 2.38. The van der Waals surface area contributed by atoms with E-state index in [-0.39, 0.29) is 0 Å². The Balaban J connectivity index is 2.13. The maximum atomic E-state index is 6.47. The predicted molar refractivity (Wildman–Crippen MR) is 85.1 cm³/mol. The van der Waals surface area contributed by atoms with Crippen molar-refractivity contribution in [3.8, 4) is 0 Å². The summed E-state index contributed by atoms with van der Waals surface area (Å²) < 4.78 is 1.98. The van der Waals surface area contributed by atoms with Crippen molar-refractivity contribution < 1.29 is 0 Å². The van der Waals surface area contributed by atoms with E-state index in [0.717, 1.165) is 29.5 Å². The number of nitrogens with zero attached hydrogens (tertiary/aromatic N) is 2. The Morgan fingerprint density at radius 1 is 1.37 bits per heavy atom. The molecule has 3 atom stereocenters. The fourth-order valence-electron chi connectivity index (χ4n) is 3.20. The normalized spacial score (nSPS) is 27.7. The number of halogens is 2. The minimum absolute atomic E-state index is 0.631. The van der Waals surface area contributed by atoms with Crippen molar-refractivity contribution in [3.05, 3.63) is 16.4 Å². The van der Waals surface area contributed by atoms with Crippen molar-refractivity contribution in [1.82, 2.24) is 9.78 Å². The fourth-order valence-corrected chi connectivity index (χ4v) is 4.23. The van der Waals surface area contributed by atoms with Gasteiger partial charge in [0, 0.05) is 11.9 Å². The molecule has 0 N–H and O–H groups in total. The second kappa shape index (κ2) is 6.62. The molecular formula is C15H24BrClN2. The average molecular weight is 348 g/mol. The summed E-state index contributed by atoms with van der Waals surface area (Å²) in [5, 5.41) is 5.42. The lowest BCUT2D eigenvalue weighted by molar-refractivity contribution is 0.268. The molecule has 1 aromatic rings. The molecule has 2 nitrogen and oxygen atoms in total. The van der Waals surface area contributed by atoms with E-state index >= 15 is 0 Å². The Bertz CT molecular complexity index is 430. The van der Waals surface area contributed by atoms with Crippen LogP contribution in [-0.4, -0.2) is 14.6 Å².